The summed E-state index contributed by atoms with van der Waals surface area (Å²) in [5.74, 6) is -1.57. The van der Waals surface area contributed by atoms with Gasteiger partial charge in [-0.1, -0.05) is 0 Å². The summed E-state index contributed by atoms with van der Waals surface area (Å²) in [6.45, 7) is 16.5. The number of rotatable bonds is 0. The highest BCUT2D eigenvalue weighted by Gasteiger charge is 2.73. The van der Waals surface area contributed by atoms with Gasteiger partial charge in [-0.05, 0) is 55.4 Å². The van der Waals surface area contributed by atoms with Crippen LogP contribution in [-0.2, 0) is 18.9 Å². The number of ether oxygens (including phenoxy) is 4. The third-order valence-electron chi connectivity index (χ3n) is 5.23. The van der Waals surface area contributed by atoms with Crippen LogP contribution >= 0.6 is 0 Å². The summed E-state index contributed by atoms with van der Waals surface area (Å²) in [6, 6.07) is 0. The second kappa shape index (κ2) is 3.43. The molecule has 0 aromatic carbocycles. The second-order valence-corrected chi connectivity index (χ2v) is 8.63. The van der Waals surface area contributed by atoms with Gasteiger partial charge in [0.1, 0.15) is 11.2 Å². The second-order valence-electron chi connectivity index (χ2n) is 8.63. The minimum Gasteiger partial charge on any atom is -0.358 e. The molecule has 0 aliphatic carbocycles. The molecule has 0 spiro atoms. The van der Waals surface area contributed by atoms with Crippen LogP contribution in [0.4, 0.5) is 0 Å². The van der Waals surface area contributed by atoms with Gasteiger partial charge in [-0.3, -0.25) is 0 Å². The topological polar surface area (TPSA) is 36.9 Å². The molecule has 3 aliphatic rings. The zero-order valence-corrected chi connectivity index (χ0v) is 14.0. The molecule has 4 atom stereocenters. The van der Waals surface area contributed by atoms with Crippen LogP contribution < -0.4 is 0 Å². The summed E-state index contributed by atoms with van der Waals surface area (Å²) < 4.78 is 25.4. The van der Waals surface area contributed by atoms with Crippen molar-refractivity contribution in [2.45, 2.75) is 102 Å². The molecule has 3 heterocycles. The van der Waals surface area contributed by atoms with E-state index in [1.54, 1.807) is 0 Å². The largest absolute Gasteiger partial charge is 0.358 e. The first-order valence-corrected chi connectivity index (χ1v) is 7.55. The molecule has 3 rings (SSSR count). The molecule has 0 amide bonds. The van der Waals surface area contributed by atoms with E-state index in [-0.39, 0.29) is 11.2 Å². The summed E-state index contributed by atoms with van der Waals surface area (Å²) in [4.78, 5) is 0. The molecule has 4 nitrogen and oxygen atoms in total. The Morgan fingerprint density at radius 1 is 0.500 bits per heavy atom. The lowest BCUT2D eigenvalue weighted by Gasteiger charge is -2.56. The fraction of sp³-hybridized carbons (Fsp3) is 1.00. The highest BCUT2D eigenvalue weighted by atomic mass is 16.8. The molecule has 0 saturated carbocycles. The smallest absolute Gasteiger partial charge is 0.198 e. The molecule has 3 aliphatic heterocycles. The Balaban J connectivity index is 2.04. The molecule has 4 unspecified atom stereocenters. The van der Waals surface area contributed by atoms with Gasteiger partial charge in [0.2, 0.25) is 0 Å². The van der Waals surface area contributed by atoms with Crippen molar-refractivity contribution in [3.05, 3.63) is 0 Å². The average Bonchev–Trinajstić information content (AvgIpc) is 2.35. The number of hydrogen-bond acceptors (Lipinski definition) is 4. The molecule has 0 bridgehead atoms. The quantitative estimate of drug-likeness (QED) is 0.683. The first kappa shape index (κ1) is 14.8. The monoisotopic (exact) mass is 284 g/mol. The zero-order chi connectivity index (χ0) is 15.2. The van der Waals surface area contributed by atoms with Crippen LogP contribution in [0.5, 0.6) is 0 Å². The maximum Gasteiger partial charge on any atom is 0.198 e. The highest BCUT2D eigenvalue weighted by Crippen LogP contribution is 2.61. The van der Waals surface area contributed by atoms with Crippen molar-refractivity contribution >= 4 is 0 Å². The molecule has 0 N–H and O–H groups in total. The first-order chi connectivity index (χ1) is 8.74. The SMILES string of the molecule is CC1(C)CC2(C)OC3(C)CC(C)(C)OC3(C)OC2(C)O1. The Morgan fingerprint density at radius 3 is 1.20 bits per heavy atom. The van der Waals surface area contributed by atoms with Crippen LogP contribution in [0.2, 0.25) is 0 Å². The van der Waals surface area contributed by atoms with Crippen molar-refractivity contribution in [1.82, 2.24) is 0 Å². The van der Waals surface area contributed by atoms with Gasteiger partial charge < -0.3 is 18.9 Å². The Bertz CT molecular complexity index is 381. The third kappa shape index (κ3) is 1.75. The maximum atomic E-state index is 6.61. The lowest BCUT2D eigenvalue weighted by Crippen LogP contribution is -2.69. The summed E-state index contributed by atoms with van der Waals surface area (Å²) in [7, 11) is 0. The van der Waals surface area contributed by atoms with Crippen molar-refractivity contribution < 1.29 is 18.9 Å². The fourth-order valence-electron chi connectivity index (χ4n) is 4.67. The fourth-order valence-corrected chi connectivity index (χ4v) is 4.67. The highest BCUT2D eigenvalue weighted by molar-refractivity contribution is 5.14. The Labute approximate surface area is 122 Å². The van der Waals surface area contributed by atoms with Crippen molar-refractivity contribution in [2.75, 3.05) is 0 Å². The van der Waals surface area contributed by atoms with Crippen molar-refractivity contribution in [3.63, 3.8) is 0 Å². The van der Waals surface area contributed by atoms with E-state index in [1.165, 1.54) is 0 Å². The van der Waals surface area contributed by atoms with Gasteiger partial charge in [0.15, 0.2) is 11.6 Å². The van der Waals surface area contributed by atoms with E-state index in [0.29, 0.717) is 0 Å². The van der Waals surface area contributed by atoms with Crippen LogP contribution in [0.15, 0.2) is 0 Å². The number of hydrogen-bond donors (Lipinski definition) is 0. The molecular weight excluding hydrogens is 256 g/mol. The van der Waals surface area contributed by atoms with E-state index < -0.39 is 22.8 Å². The summed E-state index contributed by atoms with van der Waals surface area (Å²) in [6.07, 6.45) is 1.62. The lowest BCUT2D eigenvalue weighted by atomic mass is 9.82. The van der Waals surface area contributed by atoms with E-state index in [0.717, 1.165) is 12.8 Å². The molecule has 116 valence electrons. The molecular formula is C16H28O4. The van der Waals surface area contributed by atoms with E-state index >= 15 is 0 Å². The van der Waals surface area contributed by atoms with Gasteiger partial charge in [0, 0.05) is 12.8 Å². The van der Waals surface area contributed by atoms with Crippen molar-refractivity contribution in [2.24, 2.45) is 0 Å². The van der Waals surface area contributed by atoms with E-state index in [1.807, 2.05) is 13.8 Å². The zero-order valence-electron chi connectivity index (χ0n) is 14.0. The maximum absolute atomic E-state index is 6.61. The molecule has 0 aromatic rings. The summed E-state index contributed by atoms with van der Waals surface area (Å²) >= 11 is 0. The summed E-state index contributed by atoms with van der Waals surface area (Å²) in [5, 5.41) is 0. The van der Waals surface area contributed by atoms with Crippen LogP contribution in [0, 0.1) is 0 Å². The van der Waals surface area contributed by atoms with Gasteiger partial charge in [-0.15, -0.1) is 0 Å². The Kier molecular flexibility index (Phi) is 2.53. The molecule has 0 aromatic heterocycles. The van der Waals surface area contributed by atoms with Crippen molar-refractivity contribution in [3.8, 4) is 0 Å². The lowest BCUT2D eigenvalue weighted by molar-refractivity contribution is -0.459. The molecule has 3 fully saturated rings. The Morgan fingerprint density at radius 2 is 0.850 bits per heavy atom. The summed E-state index contributed by atoms with van der Waals surface area (Å²) in [5.41, 5.74) is -1.45. The van der Waals surface area contributed by atoms with E-state index in [2.05, 4.69) is 41.5 Å². The van der Waals surface area contributed by atoms with E-state index in [9.17, 15) is 0 Å². The van der Waals surface area contributed by atoms with Gasteiger partial charge in [-0.2, -0.15) is 0 Å². The molecule has 3 saturated heterocycles. The first-order valence-electron chi connectivity index (χ1n) is 7.55. The predicted octanol–water partition coefficient (Wildman–Crippen LogP) is 3.38. The normalized spacial score (nSPS) is 56.4. The number of fused-ring (bicyclic) bond motifs is 2. The van der Waals surface area contributed by atoms with Gasteiger partial charge in [-0.25, -0.2) is 0 Å². The van der Waals surface area contributed by atoms with Crippen LogP contribution in [-0.4, -0.2) is 34.0 Å². The average molecular weight is 284 g/mol. The van der Waals surface area contributed by atoms with Crippen LogP contribution in [0.1, 0.15) is 68.2 Å². The molecule has 20 heavy (non-hydrogen) atoms. The molecule has 4 heteroatoms. The minimum absolute atomic E-state index is 0.260. The molecule has 0 radical (unpaired) electrons. The Hall–Kier alpha value is -0.160. The van der Waals surface area contributed by atoms with Crippen LogP contribution in [0.25, 0.3) is 0 Å². The minimum atomic E-state index is -0.787. The van der Waals surface area contributed by atoms with Gasteiger partial charge in [0.05, 0.1) is 11.2 Å². The van der Waals surface area contributed by atoms with Crippen LogP contribution in [0.3, 0.4) is 0 Å². The van der Waals surface area contributed by atoms with E-state index in [4.69, 9.17) is 18.9 Å². The predicted molar refractivity (Wildman–Crippen MR) is 75.4 cm³/mol. The van der Waals surface area contributed by atoms with Crippen molar-refractivity contribution in [1.29, 1.82) is 0 Å². The standard InChI is InChI=1S/C16H28O4/c1-11(2)9-13(5)15(7,17-11)20-16(8)14(6,19-13)10-12(3,4)18-16/h9-10H2,1-8H3. The third-order valence-corrected chi connectivity index (χ3v) is 5.23. The van der Waals surface area contributed by atoms with Gasteiger partial charge >= 0.3 is 0 Å². The van der Waals surface area contributed by atoms with Gasteiger partial charge in [0.25, 0.3) is 0 Å².